The van der Waals surface area contributed by atoms with Crippen molar-refractivity contribution in [2.45, 2.75) is 6.92 Å². The second kappa shape index (κ2) is 3.21. The topological polar surface area (TPSA) is 67.8 Å². The van der Waals surface area contributed by atoms with Crippen molar-refractivity contribution >= 4 is 22.4 Å². The monoisotopic (exact) mass is 158 g/mol. The number of carbonyl (C=O) groups is 1. The SMILES string of the molecule is CC(=O)CNc1nnns1. The Labute approximate surface area is 61.6 Å². The fraction of sp³-hybridized carbons (Fsp3) is 0.500. The molecule has 5 nitrogen and oxygen atoms in total. The van der Waals surface area contributed by atoms with Crippen LogP contribution >= 0.6 is 11.5 Å². The van der Waals surface area contributed by atoms with Crippen molar-refractivity contribution in [2.24, 2.45) is 0 Å². The number of hydrogen-bond donors (Lipinski definition) is 1. The van der Waals surface area contributed by atoms with Gasteiger partial charge in [0.25, 0.3) is 0 Å². The lowest BCUT2D eigenvalue weighted by molar-refractivity contribution is -0.115. The minimum absolute atomic E-state index is 0.0650. The van der Waals surface area contributed by atoms with E-state index in [9.17, 15) is 4.79 Å². The third-order valence-electron chi connectivity index (χ3n) is 0.788. The molecule has 0 aliphatic heterocycles. The summed E-state index contributed by atoms with van der Waals surface area (Å²) in [5.74, 6) is 0.0650. The molecule has 0 saturated carbocycles. The molecule has 6 heteroatoms. The van der Waals surface area contributed by atoms with Gasteiger partial charge in [0.05, 0.1) is 6.54 Å². The van der Waals surface area contributed by atoms with E-state index in [2.05, 4.69) is 20.1 Å². The van der Waals surface area contributed by atoms with Crippen LogP contribution in [-0.2, 0) is 4.79 Å². The molecule has 0 unspecified atom stereocenters. The summed E-state index contributed by atoms with van der Waals surface area (Å²) in [6.07, 6.45) is 0. The van der Waals surface area contributed by atoms with Crippen molar-refractivity contribution in [3.05, 3.63) is 0 Å². The van der Waals surface area contributed by atoms with E-state index in [0.717, 1.165) is 11.5 Å². The van der Waals surface area contributed by atoms with Gasteiger partial charge in [-0.15, -0.1) is 0 Å². The molecule has 0 radical (unpaired) electrons. The lowest BCUT2D eigenvalue weighted by Crippen LogP contribution is -2.09. The van der Waals surface area contributed by atoms with Crippen LogP contribution in [0.1, 0.15) is 6.92 Å². The molecule has 54 valence electrons. The maximum absolute atomic E-state index is 10.4. The molecule has 0 aliphatic carbocycles. The van der Waals surface area contributed by atoms with Crippen LogP contribution in [0, 0.1) is 0 Å². The predicted octanol–water partition coefficient (Wildman–Crippen LogP) is -0.0660. The maximum Gasteiger partial charge on any atom is 0.225 e. The first-order chi connectivity index (χ1) is 4.79. The highest BCUT2D eigenvalue weighted by Gasteiger charge is 1.96. The summed E-state index contributed by atoms with van der Waals surface area (Å²) in [5, 5.41) is 10.3. The molecule has 1 aromatic heterocycles. The Morgan fingerprint density at radius 1 is 1.80 bits per heavy atom. The Kier molecular flexibility index (Phi) is 2.27. The lowest BCUT2D eigenvalue weighted by Gasteiger charge is -1.93. The average molecular weight is 158 g/mol. The summed E-state index contributed by atoms with van der Waals surface area (Å²) in [7, 11) is 0. The first-order valence-corrected chi connectivity index (χ1v) is 3.44. The van der Waals surface area contributed by atoms with Crippen molar-refractivity contribution in [2.75, 3.05) is 11.9 Å². The van der Waals surface area contributed by atoms with E-state index >= 15 is 0 Å². The van der Waals surface area contributed by atoms with Crippen LogP contribution in [0.2, 0.25) is 0 Å². The quantitative estimate of drug-likeness (QED) is 0.667. The molecule has 0 aromatic carbocycles. The maximum atomic E-state index is 10.4. The first-order valence-electron chi connectivity index (χ1n) is 2.67. The Morgan fingerprint density at radius 3 is 3.10 bits per heavy atom. The van der Waals surface area contributed by atoms with Crippen LogP contribution in [0.4, 0.5) is 5.13 Å². The zero-order chi connectivity index (χ0) is 7.40. The minimum Gasteiger partial charge on any atom is -0.352 e. The molecule has 0 amide bonds. The third kappa shape index (κ3) is 2.06. The van der Waals surface area contributed by atoms with Crippen LogP contribution in [0.5, 0.6) is 0 Å². The Bertz CT molecular complexity index is 209. The minimum atomic E-state index is 0.0650. The number of Topliss-reactive ketones (excluding diaryl/α,β-unsaturated/α-hetero) is 1. The van der Waals surface area contributed by atoms with E-state index in [4.69, 9.17) is 0 Å². The normalized spacial score (nSPS) is 9.30. The Balaban J connectivity index is 2.35. The molecule has 0 saturated heterocycles. The number of aromatic nitrogens is 3. The number of hydrogen-bond acceptors (Lipinski definition) is 6. The lowest BCUT2D eigenvalue weighted by atomic mass is 10.5. The fourth-order valence-corrected chi connectivity index (χ4v) is 0.762. The smallest absolute Gasteiger partial charge is 0.225 e. The fourth-order valence-electron chi connectivity index (χ4n) is 0.402. The van der Waals surface area contributed by atoms with Crippen LogP contribution < -0.4 is 5.32 Å². The van der Waals surface area contributed by atoms with Gasteiger partial charge in [-0.3, -0.25) is 4.79 Å². The molecular weight excluding hydrogens is 152 g/mol. The first kappa shape index (κ1) is 7.07. The molecule has 0 spiro atoms. The van der Waals surface area contributed by atoms with Gasteiger partial charge in [-0.2, -0.15) is 0 Å². The van der Waals surface area contributed by atoms with E-state index < -0.39 is 0 Å². The number of rotatable bonds is 3. The summed E-state index contributed by atoms with van der Waals surface area (Å²) < 4.78 is 3.51. The molecule has 1 N–H and O–H groups in total. The largest absolute Gasteiger partial charge is 0.352 e. The standard InChI is InChI=1S/C4H6N4OS/c1-3(9)2-5-4-6-7-8-10-4/h2H2,1H3,(H,5,6,8). The van der Waals surface area contributed by atoms with Gasteiger partial charge in [0.2, 0.25) is 5.13 Å². The number of ketones is 1. The number of nitrogens with zero attached hydrogens (tertiary/aromatic N) is 3. The molecular formula is C4H6N4OS. The summed E-state index contributed by atoms with van der Waals surface area (Å²) in [6, 6.07) is 0. The van der Waals surface area contributed by atoms with E-state index in [1.807, 2.05) is 0 Å². The summed E-state index contributed by atoms with van der Waals surface area (Å²) in [6.45, 7) is 1.79. The summed E-state index contributed by atoms with van der Waals surface area (Å²) in [4.78, 5) is 10.4. The van der Waals surface area contributed by atoms with Crippen molar-refractivity contribution in [1.82, 2.24) is 14.8 Å². The zero-order valence-electron chi connectivity index (χ0n) is 5.37. The van der Waals surface area contributed by atoms with Gasteiger partial charge in [0, 0.05) is 11.5 Å². The molecule has 0 aliphatic rings. The Morgan fingerprint density at radius 2 is 2.60 bits per heavy atom. The highest BCUT2D eigenvalue weighted by molar-refractivity contribution is 7.09. The van der Waals surface area contributed by atoms with Crippen LogP contribution in [0.15, 0.2) is 0 Å². The van der Waals surface area contributed by atoms with Crippen molar-refractivity contribution in [3.8, 4) is 0 Å². The van der Waals surface area contributed by atoms with Crippen molar-refractivity contribution in [3.63, 3.8) is 0 Å². The number of anilines is 1. The third-order valence-corrected chi connectivity index (χ3v) is 1.34. The predicted molar refractivity (Wildman–Crippen MR) is 36.9 cm³/mol. The van der Waals surface area contributed by atoms with Crippen LogP contribution in [-0.4, -0.2) is 27.1 Å². The Hall–Kier alpha value is -1.04. The second-order valence-corrected chi connectivity index (χ2v) is 2.46. The van der Waals surface area contributed by atoms with E-state index in [1.54, 1.807) is 0 Å². The highest BCUT2D eigenvalue weighted by atomic mass is 32.1. The van der Waals surface area contributed by atoms with Gasteiger partial charge in [0.15, 0.2) is 0 Å². The molecule has 1 aromatic rings. The van der Waals surface area contributed by atoms with Gasteiger partial charge in [0.1, 0.15) is 5.78 Å². The van der Waals surface area contributed by atoms with Crippen molar-refractivity contribution in [1.29, 1.82) is 0 Å². The van der Waals surface area contributed by atoms with Gasteiger partial charge in [-0.1, -0.05) is 9.59 Å². The second-order valence-electron chi connectivity index (χ2n) is 1.72. The van der Waals surface area contributed by atoms with Gasteiger partial charge in [-0.25, -0.2) is 0 Å². The highest BCUT2D eigenvalue weighted by Crippen LogP contribution is 2.02. The zero-order valence-corrected chi connectivity index (χ0v) is 6.18. The summed E-state index contributed by atoms with van der Waals surface area (Å²) >= 11 is 1.13. The van der Waals surface area contributed by atoms with E-state index in [-0.39, 0.29) is 12.3 Å². The molecule has 0 fully saturated rings. The molecule has 10 heavy (non-hydrogen) atoms. The van der Waals surface area contributed by atoms with Crippen molar-refractivity contribution < 1.29 is 4.79 Å². The van der Waals surface area contributed by atoms with Gasteiger partial charge in [-0.05, 0) is 12.1 Å². The number of carbonyl (C=O) groups excluding carboxylic acids is 1. The molecule has 1 rings (SSSR count). The van der Waals surface area contributed by atoms with E-state index in [0.29, 0.717) is 5.13 Å². The number of nitrogens with one attached hydrogen (secondary N) is 1. The van der Waals surface area contributed by atoms with Crippen LogP contribution in [0.25, 0.3) is 0 Å². The van der Waals surface area contributed by atoms with E-state index in [1.165, 1.54) is 6.92 Å². The van der Waals surface area contributed by atoms with Crippen LogP contribution in [0.3, 0.4) is 0 Å². The molecule has 0 bridgehead atoms. The average Bonchev–Trinajstić information content (AvgIpc) is 2.34. The summed E-state index contributed by atoms with van der Waals surface area (Å²) in [5.41, 5.74) is 0. The van der Waals surface area contributed by atoms with Gasteiger partial charge >= 0.3 is 0 Å². The van der Waals surface area contributed by atoms with Gasteiger partial charge < -0.3 is 5.32 Å². The molecule has 0 atom stereocenters. The molecule has 1 heterocycles.